The Kier molecular flexibility index (Phi) is 1.69. The van der Waals surface area contributed by atoms with Crippen molar-refractivity contribution in [1.29, 1.82) is 0 Å². The lowest BCUT2D eigenvalue weighted by Crippen LogP contribution is -2.54. The van der Waals surface area contributed by atoms with Crippen molar-refractivity contribution in [2.24, 2.45) is 5.92 Å². The summed E-state index contributed by atoms with van der Waals surface area (Å²) in [5.41, 5.74) is 0. The van der Waals surface area contributed by atoms with Gasteiger partial charge >= 0.3 is 0 Å². The Hall–Kier alpha value is -0.0800. The first-order valence-electron chi connectivity index (χ1n) is 4.40. The maximum Gasteiger partial charge on any atom is 0.0227 e. The van der Waals surface area contributed by atoms with Gasteiger partial charge in [-0.05, 0) is 25.3 Å². The van der Waals surface area contributed by atoms with Crippen molar-refractivity contribution in [1.82, 2.24) is 10.2 Å². The molecule has 64 valence electrons. The van der Waals surface area contributed by atoms with Gasteiger partial charge < -0.3 is 10.2 Å². The Bertz CT molecular complexity index is 148. The highest BCUT2D eigenvalue weighted by atomic mass is 15.3. The number of nitrogens with zero attached hydrogens (tertiary/aromatic N) is 1. The van der Waals surface area contributed by atoms with Crippen LogP contribution in [0.2, 0.25) is 0 Å². The third-order valence-electron chi connectivity index (χ3n) is 3.36. The number of piperazine rings is 1. The van der Waals surface area contributed by atoms with Crippen LogP contribution in [0.4, 0.5) is 0 Å². The summed E-state index contributed by atoms with van der Waals surface area (Å²) in [7, 11) is 0. The molecular weight excluding hydrogens is 136 g/mol. The van der Waals surface area contributed by atoms with E-state index in [0.717, 1.165) is 18.0 Å². The van der Waals surface area contributed by atoms with Crippen molar-refractivity contribution >= 4 is 0 Å². The molecule has 1 N–H and O–H groups in total. The predicted octanol–water partition coefficient (Wildman–Crippen LogP) is 0.688. The molecule has 3 aliphatic heterocycles. The van der Waals surface area contributed by atoms with E-state index < -0.39 is 0 Å². The molecule has 0 aromatic rings. The van der Waals surface area contributed by atoms with Crippen molar-refractivity contribution < 1.29 is 0 Å². The standard InChI is InChI=1S/C8H14N2.CH4/c1-2-10-4-7-3-6(1)8(5-10)9-7;/h6-9H,1-5H2;1H4. The third-order valence-corrected chi connectivity index (χ3v) is 3.36. The zero-order valence-electron chi connectivity index (χ0n) is 6.21. The molecule has 3 saturated heterocycles. The lowest BCUT2D eigenvalue weighted by molar-refractivity contribution is 0.146. The Morgan fingerprint density at radius 1 is 1.27 bits per heavy atom. The highest BCUT2D eigenvalue weighted by Crippen LogP contribution is 2.33. The van der Waals surface area contributed by atoms with E-state index in [1.165, 1.54) is 32.5 Å². The van der Waals surface area contributed by atoms with Gasteiger partial charge in [0, 0.05) is 25.2 Å². The molecule has 4 unspecified atom stereocenters. The van der Waals surface area contributed by atoms with Gasteiger partial charge in [-0.3, -0.25) is 0 Å². The average Bonchev–Trinajstić information content (AvgIpc) is 2.11. The van der Waals surface area contributed by atoms with Gasteiger partial charge in [0.2, 0.25) is 0 Å². The highest BCUT2D eigenvalue weighted by Gasteiger charge is 2.42. The number of nitrogens with one attached hydrogen (secondary N) is 1. The lowest BCUT2D eigenvalue weighted by Gasteiger charge is -2.37. The molecule has 0 spiro atoms. The Labute approximate surface area is 69.0 Å². The van der Waals surface area contributed by atoms with Crippen LogP contribution in [0.25, 0.3) is 0 Å². The predicted molar refractivity (Wildman–Crippen MR) is 46.6 cm³/mol. The molecule has 0 aromatic heterocycles. The summed E-state index contributed by atoms with van der Waals surface area (Å²) in [6, 6.07) is 1.72. The first kappa shape index (κ1) is 7.56. The van der Waals surface area contributed by atoms with Crippen LogP contribution in [0.5, 0.6) is 0 Å². The van der Waals surface area contributed by atoms with Crippen LogP contribution in [0, 0.1) is 5.92 Å². The van der Waals surface area contributed by atoms with Crippen LogP contribution >= 0.6 is 0 Å². The maximum atomic E-state index is 3.68. The van der Waals surface area contributed by atoms with Gasteiger partial charge in [0.05, 0.1) is 0 Å². The first-order chi connectivity index (χ1) is 4.92. The van der Waals surface area contributed by atoms with Gasteiger partial charge in [-0.2, -0.15) is 0 Å². The van der Waals surface area contributed by atoms with Crippen LogP contribution in [-0.4, -0.2) is 36.6 Å². The van der Waals surface area contributed by atoms with Gasteiger partial charge in [-0.15, -0.1) is 0 Å². The highest BCUT2D eigenvalue weighted by molar-refractivity contribution is 5.01. The molecule has 3 fully saturated rings. The summed E-state index contributed by atoms with van der Waals surface area (Å²) in [6.45, 7) is 4.04. The van der Waals surface area contributed by atoms with Crippen LogP contribution in [-0.2, 0) is 0 Å². The number of hydrogen-bond acceptors (Lipinski definition) is 2. The number of hydrogen-bond donors (Lipinski definition) is 1. The summed E-state index contributed by atoms with van der Waals surface area (Å²) < 4.78 is 0. The summed E-state index contributed by atoms with van der Waals surface area (Å²) >= 11 is 0. The fourth-order valence-corrected chi connectivity index (χ4v) is 2.88. The second-order valence-corrected chi connectivity index (χ2v) is 4.01. The molecule has 0 radical (unpaired) electrons. The lowest BCUT2D eigenvalue weighted by atomic mass is 9.94. The molecule has 2 nitrogen and oxygen atoms in total. The summed E-state index contributed by atoms with van der Waals surface area (Å²) in [5, 5.41) is 3.68. The molecular formula is C9H18N2. The van der Waals surface area contributed by atoms with Gasteiger partial charge in [-0.1, -0.05) is 7.43 Å². The zero-order chi connectivity index (χ0) is 6.55. The monoisotopic (exact) mass is 154 g/mol. The zero-order valence-corrected chi connectivity index (χ0v) is 6.21. The number of piperidine rings is 1. The third kappa shape index (κ3) is 1.00. The van der Waals surface area contributed by atoms with Gasteiger partial charge in [0.1, 0.15) is 0 Å². The largest absolute Gasteiger partial charge is 0.308 e. The van der Waals surface area contributed by atoms with Crippen molar-refractivity contribution in [3.05, 3.63) is 0 Å². The normalized spacial score (nSPS) is 52.4. The van der Waals surface area contributed by atoms with Crippen LogP contribution in [0.1, 0.15) is 20.3 Å². The maximum absolute atomic E-state index is 3.68. The summed E-state index contributed by atoms with van der Waals surface area (Å²) in [6.07, 6.45) is 2.91. The van der Waals surface area contributed by atoms with E-state index in [1.807, 2.05) is 0 Å². The average molecular weight is 154 g/mol. The van der Waals surface area contributed by atoms with Crippen molar-refractivity contribution in [3.63, 3.8) is 0 Å². The molecule has 11 heavy (non-hydrogen) atoms. The van der Waals surface area contributed by atoms with Crippen LogP contribution < -0.4 is 5.32 Å². The fourth-order valence-electron chi connectivity index (χ4n) is 2.88. The topological polar surface area (TPSA) is 15.3 Å². The Morgan fingerprint density at radius 2 is 2.18 bits per heavy atom. The van der Waals surface area contributed by atoms with Gasteiger partial charge in [-0.25, -0.2) is 0 Å². The van der Waals surface area contributed by atoms with E-state index in [4.69, 9.17) is 0 Å². The van der Waals surface area contributed by atoms with E-state index in [9.17, 15) is 0 Å². The van der Waals surface area contributed by atoms with E-state index in [1.54, 1.807) is 0 Å². The fraction of sp³-hybridized carbons (Fsp3) is 1.00. The molecule has 3 heterocycles. The van der Waals surface area contributed by atoms with Crippen molar-refractivity contribution in [3.8, 4) is 0 Å². The second kappa shape index (κ2) is 2.46. The summed E-state index contributed by atoms with van der Waals surface area (Å²) in [4.78, 5) is 2.62. The van der Waals surface area contributed by atoms with E-state index in [2.05, 4.69) is 10.2 Å². The second-order valence-electron chi connectivity index (χ2n) is 4.01. The van der Waals surface area contributed by atoms with Crippen LogP contribution in [0.3, 0.4) is 0 Å². The van der Waals surface area contributed by atoms with Gasteiger partial charge in [0.15, 0.2) is 0 Å². The molecule has 3 aliphatic rings. The SMILES string of the molecule is C.C1CN2CC3CC1C(C2)N3. The summed E-state index contributed by atoms with van der Waals surface area (Å²) in [5.74, 6) is 1.03. The van der Waals surface area contributed by atoms with E-state index >= 15 is 0 Å². The van der Waals surface area contributed by atoms with Crippen molar-refractivity contribution in [2.45, 2.75) is 32.4 Å². The van der Waals surface area contributed by atoms with Crippen molar-refractivity contribution in [2.75, 3.05) is 19.6 Å². The smallest absolute Gasteiger partial charge is 0.0227 e. The molecule has 0 saturated carbocycles. The molecule has 3 bridgehead atoms. The van der Waals surface area contributed by atoms with E-state index in [0.29, 0.717) is 0 Å². The Balaban J connectivity index is 0.000000480. The molecule has 2 heteroatoms. The first-order valence-corrected chi connectivity index (χ1v) is 4.40. The molecule has 0 aliphatic carbocycles. The minimum Gasteiger partial charge on any atom is -0.308 e. The molecule has 0 amide bonds. The number of fused-ring (bicyclic) bond motifs is 2. The minimum absolute atomic E-state index is 0. The quantitative estimate of drug-likeness (QED) is 0.552. The minimum atomic E-state index is 0. The Morgan fingerprint density at radius 3 is 3.09 bits per heavy atom. The van der Waals surface area contributed by atoms with Crippen LogP contribution in [0.15, 0.2) is 0 Å². The molecule has 4 atom stereocenters. The number of rotatable bonds is 0. The molecule has 0 aromatic carbocycles. The van der Waals surface area contributed by atoms with E-state index in [-0.39, 0.29) is 7.43 Å². The van der Waals surface area contributed by atoms with Gasteiger partial charge in [0.25, 0.3) is 0 Å². The molecule has 3 rings (SSSR count).